The Hall–Kier alpha value is -2.05. The van der Waals surface area contributed by atoms with Gasteiger partial charge in [-0.2, -0.15) is 13.2 Å². The van der Waals surface area contributed by atoms with Gasteiger partial charge in [-0.1, -0.05) is 30.3 Å². The van der Waals surface area contributed by atoms with Crippen molar-refractivity contribution in [1.29, 1.82) is 0 Å². The van der Waals surface area contributed by atoms with Crippen LogP contribution in [0.25, 0.3) is 11.1 Å². The lowest BCUT2D eigenvalue weighted by molar-refractivity contribution is -0.137. The SMILES string of the molecule is Cl.O=C(NCCC1CCNC1)c1ccccc1-c1ccc(C(F)(F)F)cc1. The minimum absolute atomic E-state index is 0. The van der Waals surface area contributed by atoms with Crippen molar-refractivity contribution in [2.45, 2.75) is 19.0 Å². The molecule has 1 saturated heterocycles. The lowest BCUT2D eigenvalue weighted by atomic mass is 9.98. The quantitative estimate of drug-likeness (QED) is 0.777. The van der Waals surface area contributed by atoms with Crippen molar-refractivity contribution in [1.82, 2.24) is 10.6 Å². The van der Waals surface area contributed by atoms with E-state index in [1.165, 1.54) is 12.1 Å². The number of nitrogens with one attached hydrogen (secondary N) is 2. The molecule has 2 aromatic carbocycles. The Morgan fingerprint density at radius 3 is 2.44 bits per heavy atom. The van der Waals surface area contributed by atoms with E-state index in [4.69, 9.17) is 0 Å². The second-order valence-corrected chi connectivity index (χ2v) is 6.52. The monoisotopic (exact) mass is 398 g/mol. The van der Waals surface area contributed by atoms with Crippen LogP contribution in [-0.4, -0.2) is 25.5 Å². The lowest BCUT2D eigenvalue weighted by Crippen LogP contribution is -2.26. The molecule has 1 amide bonds. The highest BCUT2D eigenvalue weighted by Gasteiger charge is 2.30. The number of hydrogen-bond acceptors (Lipinski definition) is 2. The summed E-state index contributed by atoms with van der Waals surface area (Å²) in [6.45, 7) is 2.60. The Morgan fingerprint density at radius 1 is 1.11 bits per heavy atom. The van der Waals surface area contributed by atoms with Gasteiger partial charge >= 0.3 is 6.18 Å². The van der Waals surface area contributed by atoms with Crippen molar-refractivity contribution in [2.75, 3.05) is 19.6 Å². The standard InChI is InChI=1S/C20H21F3N2O.ClH/c21-20(22,23)16-7-5-15(6-8-16)17-3-1-2-4-18(17)19(26)25-12-10-14-9-11-24-13-14;/h1-8,14,24H,9-13H2,(H,25,26);1H. The molecule has 2 aromatic rings. The zero-order valence-corrected chi connectivity index (χ0v) is 15.5. The zero-order chi connectivity index (χ0) is 18.6. The van der Waals surface area contributed by atoms with Crippen molar-refractivity contribution >= 4 is 18.3 Å². The van der Waals surface area contributed by atoms with Crippen LogP contribution in [0.15, 0.2) is 48.5 Å². The number of alkyl halides is 3. The molecule has 1 heterocycles. The Labute approximate surface area is 162 Å². The minimum Gasteiger partial charge on any atom is -0.352 e. The first-order chi connectivity index (χ1) is 12.4. The minimum atomic E-state index is -4.37. The van der Waals surface area contributed by atoms with Gasteiger partial charge in [0, 0.05) is 12.1 Å². The molecule has 1 aliphatic rings. The van der Waals surface area contributed by atoms with Gasteiger partial charge in [-0.3, -0.25) is 4.79 Å². The predicted octanol–water partition coefficient (Wildman–Crippen LogP) is 4.52. The molecule has 1 aliphatic heterocycles. The van der Waals surface area contributed by atoms with Crippen LogP contribution in [0.2, 0.25) is 0 Å². The van der Waals surface area contributed by atoms with Crippen LogP contribution in [0, 0.1) is 5.92 Å². The number of amides is 1. The Balaban J connectivity index is 0.00000261. The molecule has 2 N–H and O–H groups in total. The van der Waals surface area contributed by atoms with Crippen LogP contribution in [0.1, 0.15) is 28.8 Å². The maximum Gasteiger partial charge on any atom is 0.416 e. The molecule has 0 radical (unpaired) electrons. The molecule has 146 valence electrons. The number of carbonyl (C=O) groups excluding carboxylic acids is 1. The highest BCUT2D eigenvalue weighted by molar-refractivity contribution is 6.00. The Morgan fingerprint density at radius 2 is 1.81 bits per heavy atom. The van der Waals surface area contributed by atoms with E-state index in [-0.39, 0.29) is 18.3 Å². The maximum atomic E-state index is 12.7. The smallest absolute Gasteiger partial charge is 0.352 e. The predicted molar refractivity (Wildman–Crippen MR) is 102 cm³/mol. The van der Waals surface area contributed by atoms with Crippen molar-refractivity contribution in [2.24, 2.45) is 5.92 Å². The summed E-state index contributed by atoms with van der Waals surface area (Å²) in [5.41, 5.74) is 0.982. The molecule has 0 bridgehead atoms. The molecular formula is C20H22ClF3N2O. The summed E-state index contributed by atoms with van der Waals surface area (Å²) in [4.78, 5) is 12.5. The Kier molecular flexibility index (Phi) is 7.27. The van der Waals surface area contributed by atoms with Gasteiger partial charge in [0.2, 0.25) is 0 Å². The second kappa shape index (κ2) is 9.24. The number of carbonyl (C=O) groups is 1. The summed E-state index contributed by atoms with van der Waals surface area (Å²) < 4.78 is 38.2. The zero-order valence-electron chi connectivity index (χ0n) is 14.7. The first-order valence-electron chi connectivity index (χ1n) is 8.71. The summed E-state index contributed by atoms with van der Waals surface area (Å²) in [5.74, 6) is 0.381. The highest BCUT2D eigenvalue weighted by atomic mass is 35.5. The molecule has 27 heavy (non-hydrogen) atoms. The van der Waals surface area contributed by atoms with E-state index < -0.39 is 11.7 Å². The maximum absolute atomic E-state index is 12.7. The van der Waals surface area contributed by atoms with E-state index in [1.54, 1.807) is 24.3 Å². The number of benzene rings is 2. The molecule has 3 nitrogen and oxygen atoms in total. The molecule has 0 aromatic heterocycles. The van der Waals surface area contributed by atoms with Crippen LogP contribution >= 0.6 is 12.4 Å². The fourth-order valence-electron chi connectivity index (χ4n) is 3.22. The van der Waals surface area contributed by atoms with E-state index in [1.807, 2.05) is 0 Å². The molecule has 1 fully saturated rings. The molecule has 0 aliphatic carbocycles. The van der Waals surface area contributed by atoms with Gasteiger partial charge in [0.05, 0.1) is 5.56 Å². The average Bonchev–Trinajstić information content (AvgIpc) is 3.14. The molecule has 3 rings (SSSR count). The van der Waals surface area contributed by atoms with Crippen LogP contribution < -0.4 is 10.6 Å². The molecule has 0 spiro atoms. The van der Waals surface area contributed by atoms with Gasteiger partial charge in [0.25, 0.3) is 5.91 Å². The molecule has 1 atom stereocenters. The Bertz CT molecular complexity index is 757. The number of hydrogen-bond donors (Lipinski definition) is 2. The number of halogens is 4. The van der Waals surface area contributed by atoms with Crippen molar-refractivity contribution in [3.05, 3.63) is 59.7 Å². The largest absolute Gasteiger partial charge is 0.416 e. The van der Waals surface area contributed by atoms with Gasteiger partial charge in [0.15, 0.2) is 0 Å². The summed E-state index contributed by atoms with van der Waals surface area (Å²) in [5, 5.41) is 6.22. The van der Waals surface area contributed by atoms with Gasteiger partial charge in [-0.05, 0) is 61.2 Å². The van der Waals surface area contributed by atoms with Crippen molar-refractivity contribution in [3.8, 4) is 11.1 Å². The van der Waals surface area contributed by atoms with E-state index in [9.17, 15) is 18.0 Å². The molecule has 7 heteroatoms. The molecular weight excluding hydrogens is 377 g/mol. The summed E-state index contributed by atoms with van der Waals surface area (Å²) in [6.07, 6.45) is -2.33. The molecule has 0 saturated carbocycles. The topological polar surface area (TPSA) is 41.1 Å². The van der Waals surface area contributed by atoms with Crippen LogP contribution in [0.3, 0.4) is 0 Å². The van der Waals surface area contributed by atoms with Gasteiger partial charge in [0.1, 0.15) is 0 Å². The molecule has 1 unspecified atom stereocenters. The van der Waals surface area contributed by atoms with Crippen LogP contribution in [0.5, 0.6) is 0 Å². The highest BCUT2D eigenvalue weighted by Crippen LogP contribution is 2.31. The fourth-order valence-corrected chi connectivity index (χ4v) is 3.22. The normalized spacial score (nSPS) is 16.6. The van der Waals surface area contributed by atoms with Crippen LogP contribution in [-0.2, 0) is 6.18 Å². The fraction of sp³-hybridized carbons (Fsp3) is 0.350. The third-order valence-corrected chi connectivity index (χ3v) is 4.70. The van der Waals surface area contributed by atoms with Gasteiger partial charge in [-0.15, -0.1) is 12.4 Å². The summed E-state index contributed by atoms with van der Waals surface area (Å²) >= 11 is 0. The summed E-state index contributed by atoms with van der Waals surface area (Å²) in [7, 11) is 0. The van der Waals surface area contributed by atoms with E-state index >= 15 is 0 Å². The third kappa shape index (κ3) is 5.47. The van der Waals surface area contributed by atoms with Gasteiger partial charge < -0.3 is 10.6 Å². The average molecular weight is 399 g/mol. The number of rotatable bonds is 5. The van der Waals surface area contributed by atoms with E-state index in [0.29, 0.717) is 29.2 Å². The van der Waals surface area contributed by atoms with E-state index in [2.05, 4.69) is 10.6 Å². The van der Waals surface area contributed by atoms with Crippen LogP contribution in [0.4, 0.5) is 13.2 Å². The summed E-state index contributed by atoms with van der Waals surface area (Å²) in [6, 6.07) is 11.8. The second-order valence-electron chi connectivity index (χ2n) is 6.52. The van der Waals surface area contributed by atoms with Crippen molar-refractivity contribution in [3.63, 3.8) is 0 Å². The lowest BCUT2D eigenvalue weighted by Gasteiger charge is -2.13. The van der Waals surface area contributed by atoms with Gasteiger partial charge in [-0.25, -0.2) is 0 Å². The first kappa shape index (κ1) is 21.3. The van der Waals surface area contributed by atoms with E-state index in [0.717, 1.165) is 38.1 Å². The third-order valence-electron chi connectivity index (χ3n) is 4.70. The van der Waals surface area contributed by atoms with Crippen molar-refractivity contribution < 1.29 is 18.0 Å². The first-order valence-corrected chi connectivity index (χ1v) is 8.71.